The third-order valence-corrected chi connectivity index (χ3v) is 10.3. The summed E-state index contributed by atoms with van der Waals surface area (Å²) in [6.45, 7) is 14.4. The van der Waals surface area contributed by atoms with Crippen molar-refractivity contribution in [2.45, 2.75) is 65.2 Å². The van der Waals surface area contributed by atoms with E-state index in [1.165, 1.54) is 55.5 Å². The molecule has 0 N–H and O–H groups in total. The Balaban J connectivity index is 0.00000213. The number of unbranched alkanes of at least 4 members (excludes halogenated alkanes) is 1. The molecule has 2 heterocycles. The van der Waals surface area contributed by atoms with E-state index in [0.717, 1.165) is 25.1 Å². The van der Waals surface area contributed by atoms with Crippen LogP contribution in [0.25, 0.3) is 21.5 Å². The molecule has 0 unspecified atom stereocenters. The number of fused-ring (bicyclic) bond motifs is 6. The van der Waals surface area contributed by atoms with E-state index in [0.29, 0.717) is 0 Å². The molecule has 244 valence electrons. The summed E-state index contributed by atoms with van der Waals surface area (Å²) < 4.78 is 7.55. The molecule has 4 aromatic carbocycles. The smallest absolute Gasteiger partial charge is 0.210 e. The van der Waals surface area contributed by atoms with Crippen LogP contribution < -0.4 is 4.90 Å². The Morgan fingerprint density at radius 2 is 1.34 bits per heavy atom. The van der Waals surface area contributed by atoms with Gasteiger partial charge in [0.2, 0.25) is 5.69 Å². The molecule has 0 aromatic heterocycles. The highest BCUT2D eigenvalue weighted by Gasteiger charge is 2.44. The fourth-order valence-corrected chi connectivity index (χ4v) is 7.96. The van der Waals surface area contributed by atoms with Gasteiger partial charge in [0.05, 0.1) is 12.5 Å². The minimum Gasteiger partial charge on any atom is -0.344 e. The van der Waals surface area contributed by atoms with Crippen LogP contribution in [0.15, 0.2) is 121 Å². The molecule has 0 saturated heterocycles. The van der Waals surface area contributed by atoms with E-state index in [4.69, 9.17) is 4.18 Å². The van der Waals surface area contributed by atoms with Gasteiger partial charge < -0.3 is 9.08 Å². The highest BCUT2D eigenvalue weighted by atomic mass is 32.2. The molecule has 2 aliphatic rings. The van der Waals surface area contributed by atoms with E-state index in [1.807, 2.05) is 13.8 Å². The van der Waals surface area contributed by atoms with E-state index in [1.54, 1.807) is 19.2 Å². The summed E-state index contributed by atoms with van der Waals surface area (Å²) in [7, 11) is 3.93. The molecule has 0 atom stereocenters. The van der Waals surface area contributed by atoms with Gasteiger partial charge in [-0.25, -0.2) is 0 Å². The molecule has 0 spiro atoms. The lowest BCUT2D eigenvalue weighted by Crippen LogP contribution is -2.27. The van der Waals surface area contributed by atoms with Crippen LogP contribution in [0.2, 0.25) is 0 Å². The molecular weight excluding hydrogens is 593 g/mol. The standard InChI is InChI=1S/C41H45N2OS.C2H6/c1-40(2)36(42(5)34-26-24-30-18-12-14-20-32(30)38(34)40)22-10-8-7-9-11-23-37-41(3,4)39-33-21-15-13-19-31(33)25-27-35(39)43(37)28-16-17-29-45-44-6;1-2/h7-15,18-27H,16-17,28-29H2,1-6H3;1-2H3/q+1;. The number of hydrogen-bond donors (Lipinski definition) is 0. The van der Waals surface area contributed by atoms with Crippen LogP contribution in [0.1, 0.15) is 65.5 Å². The summed E-state index contributed by atoms with van der Waals surface area (Å²) in [5.41, 5.74) is 7.96. The van der Waals surface area contributed by atoms with Gasteiger partial charge >= 0.3 is 0 Å². The minimum absolute atomic E-state index is 0.0749. The zero-order valence-corrected chi connectivity index (χ0v) is 30.3. The molecule has 3 nitrogen and oxygen atoms in total. The number of anilines is 1. The van der Waals surface area contributed by atoms with Crippen molar-refractivity contribution in [1.29, 1.82) is 0 Å². The Hall–Kier alpha value is -3.86. The van der Waals surface area contributed by atoms with Crippen molar-refractivity contribution >= 4 is 50.7 Å². The molecule has 2 aliphatic heterocycles. The molecular formula is C43H51N2OS+. The lowest BCUT2D eigenvalue weighted by atomic mass is 9.79. The van der Waals surface area contributed by atoms with Crippen molar-refractivity contribution in [2.75, 3.05) is 31.4 Å². The lowest BCUT2D eigenvalue weighted by Gasteiger charge is -2.27. The first-order valence-corrected chi connectivity index (χ1v) is 18.0. The first-order valence-electron chi connectivity index (χ1n) is 17.1. The van der Waals surface area contributed by atoms with Gasteiger partial charge in [-0.3, -0.25) is 0 Å². The summed E-state index contributed by atoms with van der Waals surface area (Å²) in [5.74, 6) is 1.02. The quantitative estimate of drug-likeness (QED) is 0.0740. The molecule has 0 saturated carbocycles. The van der Waals surface area contributed by atoms with Crippen molar-refractivity contribution in [3.05, 3.63) is 132 Å². The first kappa shape index (κ1) is 34.5. The molecule has 0 radical (unpaired) electrons. The van der Waals surface area contributed by atoms with Crippen LogP contribution >= 0.6 is 12.0 Å². The molecule has 0 amide bonds. The van der Waals surface area contributed by atoms with Crippen LogP contribution in [-0.2, 0) is 15.0 Å². The van der Waals surface area contributed by atoms with Gasteiger partial charge in [-0.2, -0.15) is 4.58 Å². The fraction of sp³-hybridized carbons (Fsp3) is 0.326. The predicted molar refractivity (Wildman–Crippen MR) is 208 cm³/mol. The van der Waals surface area contributed by atoms with Crippen molar-refractivity contribution < 1.29 is 8.76 Å². The average Bonchev–Trinajstić information content (AvgIpc) is 3.42. The summed E-state index contributed by atoms with van der Waals surface area (Å²) in [6.07, 6.45) is 17.6. The number of nitrogens with zero attached hydrogens (tertiary/aromatic N) is 2. The number of benzene rings is 4. The SMILES string of the molecule is CC.COSCCCCN1\C(=C/C=C/C=C/C=C\C2=[N+](C)c3ccc4ccccc4c3C2(C)C)C(C)(C)c2c1ccc1ccccc21. The maximum atomic E-state index is 5.21. The largest absolute Gasteiger partial charge is 0.344 e. The van der Waals surface area contributed by atoms with Crippen molar-refractivity contribution in [1.82, 2.24) is 0 Å². The van der Waals surface area contributed by atoms with Gasteiger partial charge in [-0.05, 0) is 84.0 Å². The second kappa shape index (κ2) is 14.9. The molecule has 0 bridgehead atoms. The topological polar surface area (TPSA) is 15.5 Å². The summed E-state index contributed by atoms with van der Waals surface area (Å²) >= 11 is 1.55. The van der Waals surface area contributed by atoms with E-state index < -0.39 is 0 Å². The van der Waals surface area contributed by atoms with Gasteiger partial charge in [-0.1, -0.05) is 113 Å². The maximum Gasteiger partial charge on any atom is 0.210 e. The Morgan fingerprint density at radius 1 is 0.723 bits per heavy atom. The predicted octanol–water partition coefficient (Wildman–Crippen LogP) is 11.5. The highest BCUT2D eigenvalue weighted by Crippen LogP contribution is 2.51. The van der Waals surface area contributed by atoms with Crippen molar-refractivity contribution in [3.8, 4) is 0 Å². The molecule has 4 aromatic rings. The summed E-state index contributed by atoms with van der Waals surface area (Å²) in [5, 5.41) is 5.30. The second-order valence-electron chi connectivity index (χ2n) is 13.1. The van der Waals surface area contributed by atoms with Crippen LogP contribution in [-0.4, -0.2) is 36.7 Å². The van der Waals surface area contributed by atoms with Gasteiger partial charge in [0.25, 0.3) is 0 Å². The van der Waals surface area contributed by atoms with Gasteiger partial charge in [0.15, 0.2) is 5.71 Å². The van der Waals surface area contributed by atoms with Crippen LogP contribution in [0, 0.1) is 0 Å². The van der Waals surface area contributed by atoms with Crippen LogP contribution in [0.4, 0.5) is 11.4 Å². The molecule has 4 heteroatoms. The van der Waals surface area contributed by atoms with Crippen molar-refractivity contribution in [3.63, 3.8) is 0 Å². The number of allylic oxidation sites excluding steroid dienone is 8. The molecule has 0 fully saturated rings. The Labute approximate surface area is 287 Å². The second-order valence-corrected chi connectivity index (χ2v) is 14.1. The lowest BCUT2D eigenvalue weighted by molar-refractivity contribution is -0.401. The zero-order valence-electron chi connectivity index (χ0n) is 29.5. The normalized spacial score (nSPS) is 17.4. The van der Waals surface area contributed by atoms with Gasteiger partial charge in [-0.15, -0.1) is 0 Å². The van der Waals surface area contributed by atoms with Gasteiger partial charge in [0.1, 0.15) is 7.05 Å². The zero-order chi connectivity index (χ0) is 33.6. The Kier molecular flexibility index (Phi) is 10.9. The van der Waals surface area contributed by atoms with Gasteiger partial charge in [0, 0.05) is 46.8 Å². The molecule has 6 rings (SSSR count). The first-order chi connectivity index (χ1) is 22.8. The van der Waals surface area contributed by atoms with E-state index in [2.05, 4.69) is 160 Å². The molecule has 47 heavy (non-hydrogen) atoms. The number of rotatable bonds is 10. The van der Waals surface area contributed by atoms with E-state index in [-0.39, 0.29) is 10.8 Å². The monoisotopic (exact) mass is 643 g/mol. The Bertz CT molecular complexity index is 1890. The maximum absolute atomic E-state index is 5.21. The minimum atomic E-state index is -0.0973. The molecule has 0 aliphatic carbocycles. The average molecular weight is 644 g/mol. The third-order valence-electron chi connectivity index (χ3n) is 9.58. The summed E-state index contributed by atoms with van der Waals surface area (Å²) in [6, 6.07) is 26.6. The van der Waals surface area contributed by atoms with E-state index in [9.17, 15) is 0 Å². The van der Waals surface area contributed by atoms with E-state index >= 15 is 0 Å². The highest BCUT2D eigenvalue weighted by molar-refractivity contribution is 7.94. The van der Waals surface area contributed by atoms with Crippen LogP contribution in [0.3, 0.4) is 0 Å². The van der Waals surface area contributed by atoms with Crippen molar-refractivity contribution in [2.24, 2.45) is 0 Å². The fourth-order valence-electron chi connectivity index (χ4n) is 7.47. The number of hydrogen-bond acceptors (Lipinski definition) is 3. The third kappa shape index (κ3) is 6.64. The van der Waals surface area contributed by atoms with Crippen LogP contribution in [0.5, 0.6) is 0 Å². The summed E-state index contributed by atoms with van der Waals surface area (Å²) in [4.78, 5) is 2.54. The Morgan fingerprint density at radius 3 is 2.04 bits per heavy atom.